The lowest BCUT2D eigenvalue weighted by atomic mass is 9.98. The van der Waals surface area contributed by atoms with Crippen LogP contribution in [0.1, 0.15) is 49.3 Å². The van der Waals surface area contributed by atoms with Crippen molar-refractivity contribution < 1.29 is 4.79 Å². The fourth-order valence-electron chi connectivity index (χ4n) is 4.11. The Labute approximate surface area is 182 Å². The summed E-state index contributed by atoms with van der Waals surface area (Å²) in [7, 11) is 0. The van der Waals surface area contributed by atoms with E-state index >= 15 is 0 Å². The molecule has 1 aliphatic rings. The van der Waals surface area contributed by atoms with E-state index < -0.39 is 0 Å². The fourth-order valence-corrected chi connectivity index (χ4v) is 4.11. The number of aryl methyl sites for hydroxylation is 2. The number of benzene rings is 2. The van der Waals surface area contributed by atoms with Crippen LogP contribution in [0.25, 0.3) is 11.1 Å². The molecule has 31 heavy (non-hydrogen) atoms. The van der Waals surface area contributed by atoms with Crippen molar-refractivity contribution in [3.05, 3.63) is 76.5 Å². The largest absolute Gasteiger partial charge is 0.349 e. The summed E-state index contributed by atoms with van der Waals surface area (Å²) in [5.74, 6) is 1.29. The second-order valence-corrected chi connectivity index (χ2v) is 8.67. The van der Waals surface area contributed by atoms with Crippen LogP contribution >= 0.6 is 0 Å². The number of hydrogen-bond acceptors (Lipinski definition) is 3. The standard InChI is InChI=1S/C25H30N4O2/c1-18(2)14-17-29-25(31)28-16-15-20(12-13-23(28)27-29)26-24(30)22-11-7-6-10-21(22)19-8-4-3-5-9-19/h3-11,18,20H,12-17H2,1-2H3,(H,26,30). The van der Waals surface area contributed by atoms with E-state index in [0.717, 1.165) is 36.2 Å². The monoisotopic (exact) mass is 418 g/mol. The van der Waals surface area contributed by atoms with Gasteiger partial charge in [0.25, 0.3) is 5.91 Å². The molecule has 1 unspecified atom stereocenters. The zero-order chi connectivity index (χ0) is 21.8. The van der Waals surface area contributed by atoms with Gasteiger partial charge in [0.1, 0.15) is 5.82 Å². The summed E-state index contributed by atoms with van der Waals surface area (Å²) in [5, 5.41) is 7.76. The van der Waals surface area contributed by atoms with Crippen LogP contribution in [0.2, 0.25) is 0 Å². The first kappa shape index (κ1) is 21.1. The molecule has 0 radical (unpaired) electrons. The lowest BCUT2D eigenvalue weighted by molar-refractivity contribution is 0.0933. The Morgan fingerprint density at radius 2 is 1.84 bits per heavy atom. The van der Waals surface area contributed by atoms with Crippen LogP contribution in [0, 0.1) is 5.92 Å². The Kier molecular flexibility index (Phi) is 6.35. The number of aromatic nitrogens is 3. The summed E-state index contributed by atoms with van der Waals surface area (Å²) >= 11 is 0. The van der Waals surface area contributed by atoms with Crippen LogP contribution in [0.15, 0.2) is 59.4 Å². The maximum absolute atomic E-state index is 13.1. The summed E-state index contributed by atoms with van der Waals surface area (Å²) in [6, 6.07) is 17.7. The highest BCUT2D eigenvalue weighted by molar-refractivity contribution is 6.01. The van der Waals surface area contributed by atoms with E-state index in [1.165, 1.54) is 0 Å². The van der Waals surface area contributed by atoms with E-state index in [-0.39, 0.29) is 17.6 Å². The highest BCUT2D eigenvalue weighted by atomic mass is 16.2. The normalized spacial score (nSPS) is 16.0. The van der Waals surface area contributed by atoms with E-state index in [1.807, 2.05) is 54.6 Å². The van der Waals surface area contributed by atoms with Gasteiger partial charge in [-0.2, -0.15) is 5.10 Å². The van der Waals surface area contributed by atoms with Gasteiger partial charge in [-0.3, -0.25) is 9.36 Å². The minimum absolute atomic E-state index is 0.0153. The molecule has 1 aromatic heterocycles. The molecule has 1 aliphatic heterocycles. The molecule has 0 spiro atoms. The fraction of sp³-hybridized carbons (Fsp3) is 0.400. The smallest absolute Gasteiger partial charge is 0.345 e. The van der Waals surface area contributed by atoms with Gasteiger partial charge in [-0.25, -0.2) is 9.48 Å². The minimum atomic E-state index is -0.0710. The number of nitrogens with one attached hydrogen (secondary N) is 1. The second kappa shape index (κ2) is 9.33. The van der Waals surface area contributed by atoms with E-state index in [4.69, 9.17) is 0 Å². The Balaban J connectivity index is 1.45. The third-order valence-electron chi connectivity index (χ3n) is 5.93. The molecule has 3 aromatic rings. The van der Waals surface area contributed by atoms with E-state index in [2.05, 4.69) is 24.3 Å². The van der Waals surface area contributed by atoms with Gasteiger partial charge >= 0.3 is 5.69 Å². The van der Waals surface area contributed by atoms with Gasteiger partial charge in [0.05, 0.1) is 0 Å². The van der Waals surface area contributed by atoms with Crippen molar-refractivity contribution in [3.63, 3.8) is 0 Å². The minimum Gasteiger partial charge on any atom is -0.349 e. The van der Waals surface area contributed by atoms with Gasteiger partial charge < -0.3 is 5.32 Å². The first-order valence-electron chi connectivity index (χ1n) is 11.1. The lowest BCUT2D eigenvalue weighted by Gasteiger charge is -2.17. The number of nitrogens with zero attached hydrogens (tertiary/aromatic N) is 3. The zero-order valence-electron chi connectivity index (χ0n) is 18.3. The van der Waals surface area contributed by atoms with Crippen molar-refractivity contribution in [2.45, 2.75) is 58.7 Å². The molecule has 1 N–H and O–H groups in total. The Morgan fingerprint density at radius 1 is 1.10 bits per heavy atom. The van der Waals surface area contributed by atoms with Gasteiger partial charge in [-0.05, 0) is 42.4 Å². The third kappa shape index (κ3) is 4.79. The van der Waals surface area contributed by atoms with Crippen LogP contribution in [-0.4, -0.2) is 26.3 Å². The molecule has 0 saturated heterocycles. The van der Waals surface area contributed by atoms with Crippen LogP contribution in [0.3, 0.4) is 0 Å². The van der Waals surface area contributed by atoms with E-state index in [9.17, 15) is 9.59 Å². The number of amides is 1. The molecule has 1 atom stereocenters. The lowest BCUT2D eigenvalue weighted by Crippen LogP contribution is -2.36. The van der Waals surface area contributed by atoms with Crippen molar-refractivity contribution in [3.8, 4) is 11.1 Å². The molecule has 2 aromatic carbocycles. The topological polar surface area (TPSA) is 68.9 Å². The molecule has 4 rings (SSSR count). The van der Waals surface area contributed by atoms with E-state index in [1.54, 1.807) is 9.25 Å². The number of rotatable bonds is 6. The molecule has 6 nitrogen and oxygen atoms in total. The van der Waals surface area contributed by atoms with Gasteiger partial charge in [-0.1, -0.05) is 62.4 Å². The van der Waals surface area contributed by atoms with Crippen molar-refractivity contribution in [1.82, 2.24) is 19.7 Å². The second-order valence-electron chi connectivity index (χ2n) is 8.67. The summed E-state index contributed by atoms with van der Waals surface area (Å²) in [5.41, 5.74) is 2.59. The Morgan fingerprint density at radius 3 is 2.61 bits per heavy atom. The first-order chi connectivity index (χ1) is 15.0. The number of hydrogen-bond donors (Lipinski definition) is 1. The summed E-state index contributed by atoms with van der Waals surface area (Å²) in [6.07, 6.45) is 3.13. The molecule has 0 bridgehead atoms. The quantitative estimate of drug-likeness (QED) is 0.660. The van der Waals surface area contributed by atoms with Gasteiger partial charge in [0.15, 0.2) is 0 Å². The molecular formula is C25H30N4O2. The maximum atomic E-state index is 13.1. The van der Waals surface area contributed by atoms with Crippen molar-refractivity contribution in [2.24, 2.45) is 5.92 Å². The van der Waals surface area contributed by atoms with Crippen molar-refractivity contribution in [1.29, 1.82) is 0 Å². The summed E-state index contributed by atoms with van der Waals surface area (Å²) in [4.78, 5) is 25.8. The van der Waals surface area contributed by atoms with Crippen LogP contribution in [0.5, 0.6) is 0 Å². The van der Waals surface area contributed by atoms with Crippen LogP contribution < -0.4 is 11.0 Å². The van der Waals surface area contributed by atoms with Crippen molar-refractivity contribution >= 4 is 5.91 Å². The predicted molar refractivity (Wildman–Crippen MR) is 122 cm³/mol. The maximum Gasteiger partial charge on any atom is 0.345 e. The zero-order valence-corrected chi connectivity index (χ0v) is 18.3. The summed E-state index contributed by atoms with van der Waals surface area (Å²) in [6.45, 7) is 5.54. The van der Waals surface area contributed by atoms with Crippen LogP contribution in [-0.2, 0) is 19.5 Å². The Hall–Kier alpha value is -3.15. The number of carbonyl (C=O) groups is 1. The van der Waals surface area contributed by atoms with E-state index in [0.29, 0.717) is 31.0 Å². The Bertz CT molecular complexity index is 1100. The van der Waals surface area contributed by atoms with Crippen molar-refractivity contribution in [2.75, 3.05) is 0 Å². The average molecular weight is 419 g/mol. The molecule has 6 heteroatoms. The average Bonchev–Trinajstić information content (AvgIpc) is 2.95. The molecule has 0 fully saturated rings. The van der Waals surface area contributed by atoms with Crippen LogP contribution in [0.4, 0.5) is 0 Å². The van der Waals surface area contributed by atoms with Gasteiger partial charge in [-0.15, -0.1) is 0 Å². The number of carbonyl (C=O) groups excluding carboxylic acids is 1. The molecule has 0 aliphatic carbocycles. The molecular weight excluding hydrogens is 388 g/mol. The highest BCUT2D eigenvalue weighted by Gasteiger charge is 2.23. The molecule has 0 saturated carbocycles. The molecule has 2 heterocycles. The van der Waals surface area contributed by atoms with Gasteiger partial charge in [0, 0.05) is 31.1 Å². The molecule has 1 amide bonds. The highest BCUT2D eigenvalue weighted by Crippen LogP contribution is 2.24. The SMILES string of the molecule is CC(C)CCn1nc2n(c1=O)CCC(NC(=O)c1ccccc1-c1ccccc1)CC2. The predicted octanol–water partition coefficient (Wildman–Crippen LogP) is 3.89. The summed E-state index contributed by atoms with van der Waals surface area (Å²) < 4.78 is 3.38. The third-order valence-corrected chi connectivity index (χ3v) is 5.93. The van der Waals surface area contributed by atoms with Gasteiger partial charge in [0.2, 0.25) is 0 Å². The first-order valence-corrected chi connectivity index (χ1v) is 11.1. The molecule has 162 valence electrons. The number of fused-ring (bicyclic) bond motifs is 1.